The highest BCUT2D eigenvalue weighted by molar-refractivity contribution is 5.33. The van der Waals surface area contributed by atoms with E-state index in [1.165, 1.54) is 32.6 Å². The molecular formula is C16H24Cl2N2O. The van der Waals surface area contributed by atoms with Gasteiger partial charge in [-0.25, -0.2) is 0 Å². The van der Waals surface area contributed by atoms with E-state index < -0.39 is 0 Å². The molecule has 0 spiro atoms. The second-order valence-electron chi connectivity index (χ2n) is 4.92. The van der Waals surface area contributed by atoms with Crippen LogP contribution in [0, 0.1) is 11.8 Å². The molecule has 21 heavy (non-hydrogen) atoms. The third-order valence-electron chi connectivity index (χ3n) is 3.39. The van der Waals surface area contributed by atoms with Gasteiger partial charge in [-0.3, -0.25) is 0 Å². The summed E-state index contributed by atoms with van der Waals surface area (Å²) in [6.45, 7) is 7.55. The van der Waals surface area contributed by atoms with Crippen molar-refractivity contribution in [2.75, 3.05) is 45.9 Å². The molecule has 0 aromatic heterocycles. The number of morpholine rings is 1. The molecular weight excluding hydrogens is 307 g/mol. The summed E-state index contributed by atoms with van der Waals surface area (Å²) in [4.78, 5) is 1.69. The molecule has 3 N–H and O–H groups in total. The summed E-state index contributed by atoms with van der Waals surface area (Å²) in [5.74, 6) is 6.39. The number of rotatable bonds is 5. The molecule has 1 aliphatic heterocycles. The van der Waals surface area contributed by atoms with Crippen molar-refractivity contribution in [2.24, 2.45) is 0 Å². The van der Waals surface area contributed by atoms with Crippen molar-refractivity contribution in [3.8, 4) is 11.8 Å². The Bertz CT molecular complexity index is 411. The van der Waals surface area contributed by atoms with Gasteiger partial charge in [-0.2, -0.15) is 0 Å². The Morgan fingerprint density at radius 3 is 2.52 bits per heavy atom. The minimum Gasteiger partial charge on any atom is -1.00 e. The minimum absolute atomic E-state index is 0. The van der Waals surface area contributed by atoms with Crippen molar-refractivity contribution in [3.05, 3.63) is 35.9 Å². The van der Waals surface area contributed by atoms with Crippen LogP contribution in [0.5, 0.6) is 0 Å². The molecule has 0 aliphatic carbocycles. The van der Waals surface area contributed by atoms with Crippen LogP contribution < -0.4 is 35.0 Å². The summed E-state index contributed by atoms with van der Waals surface area (Å²) in [5.41, 5.74) is 1.11. The lowest BCUT2D eigenvalue weighted by Crippen LogP contribution is -3.14. The van der Waals surface area contributed by atoms with Crippen LogP contribution in [0.25, 0.3) is 0 Å². The fraction of sp³-hybridized carbons (Fsp3) is 0.500. The largest absolute Gasteiger partial charge is 1.00 e. The first-order valence-corrected chi connectivity index (χ1v) is 7.22. The highest BCUT2D eigenvalue weighted by Crippen LogP contribution is 1.93. The average molecular weight is 331 g/mol. The van der Waals surface area contributed by atoms with E-state index in [0.29, 0.717) is 0 Å². The summed E-state index contributed by atoms with van der Waals surface area (Å²) >= 11 is 0. The number of hydrogen-bond acceptors (Lipinski definition) is 1. The lowest BCUT2D eigenvalue weighted by Gasteiger charge is -2.23. The smallest absolute Gasteiger partial charge is 0.138 e. The topological polar surface area (TPSA) is 30.3 Å². The Morgan fingerprint density at radius 1 is 1.10 bits per heavy atom. The maximum absolute atomic E-state index is 5.35. The van der Waals surface area contributed by atoms with Crippen molar-refractivity contribution in [1.82, 2.24) is 0 Å². The third kappa shape index (κ3) is 8.98. The van der Waals surface area contributed by atoms with E-state index in [2.05, 4.69) is 29.3 Å². The van der Waals surface area contributed by atoms with Crippen LogP contribution in [0.15, 0.2) is 30.3 Å². The molecule has 2 rings (SSSR count). The van der Waals surface area contributed by atoms with Gasteiger partial charge in [0.15, 0.2) is 0 Å². The number of quaternary nitrogens is 2. The predicted molar refractivity (Wildman–Crippen MR) is 76.0 cm³/mol. The van der Waals surface area contributed by atoms with Crippen LogP contribution in [0.3, 0.4) is 0 Å². The third-order valence-corrected chi connectivity index (χ3v) is 3.39. The first-order valence-electron chi connectivity index (χ1n) is 7.22. The van der Waals surface area contributed by atoms with Crippen LogP contribution in [0.2, 0.25) is 0 Å². The van der Waals surface area contributed by atoms with Gasteiger partial charge in [-0.15, -0.1) is 0 Å². The fourth-order valence-electron chi connectivity index (χ4n) is 2.26. The zero-order chi connectivity index (χ0) is 13.2. The highest BCUT2D eigenvalue weighted by atomic mass is 35.5. The second kappa shape index (κ2) is 12.9. The summed E-state index contributed by atoms with van der Waals surface area (Å²) < 4.78 is 5.35. The molecule has 1 aliphatic rings. The van der Waals surface area contributed by atoms with E-state index in [1.54, 1.807) is 4.90 Å². The second-order valence-corrected chi connectivity index (χ2v) is 4.92. The number of halogens is 2. The van der Waals surface area contributed by atoms with Crippen LogP contribution in [0.4, 0.5) is 0 Å². The van der Waals surface area contributed by atoms with Crippen LogP contribution in [-0.4, -0.2) is 45.9 Å². The molecule has 0 bridgehead atoms. The van der Waals surface area contributed by atoms with E-state index in [4.69, 9.17) is 4.74 Å². The Hall–Kier alpha value is -0.760. The van der Waals surface area contributed by atoms with Gasteiger partial charge in [0.25, 0.3) is 0 Å². The molecule has 118 valence electrons. The molecule has 0 saturated carbocycles. The number of benzene rings is 1. The van der Waals surface area contributed by atoms with Gasteiger partial charge in [0.1, 0.15) is 19.6 Å². The number of nitrogens with one attached hydrogen (secondary N) is 1. The standard InChI is InChI=1S/C16H22N2O.2ClH/c1-2-6-16(7-3-1)8-4-9-17-10-5-11-18-12-14-19-15-13-18;;/h1-3,6-7,17H,5,9-15H2;2*1H. The SMILES string of the molecule is C(#Cc1ccccc1)C[NH2+]CCC[NH+]1CCOCC1.[Cl-].[Cl-]. The molecule has 3 nitrogen and oxygen atoms in total. The molecule has 0 radical (unpaired) electrons. The average Bonchev–Trinajstić information content (AvgIpc) is 2.48. The molecule has 0 amide bonds. The molecule has 1 saturated heterocycles. The lowest BCUT2D eigenvalue weighted by atomic mass is 10.2. The maximum atomic E-state index is 5.35. The van der Waals surface area contributed by atoms with E-state index in [0.717, 1.165) is 25.3 Å². The first kappa shape index (κ1) is 20.2. The van der Waals surface area contributed by atoms with Crippen LogP contribution >= 0.6 is 0 Å². The molecule has 5 heteroatoms. The van der Waals surface area contributed by atoms with Gasteiger partial charge in [0.05, 0.1) is 26.3 Å². The molecule has 0 unspecified atom stereocenters. The summed E-state index contributed by atoms with van der Waals surface area (Å²) in [5, 5.41) is 2.30. The van der Waals surface area contributed by atoms with Crippen LogP contribution in [-0.2, 0) is 4.74 Å². The maximum Gasteiger partial charge on any atom is 0.138 e. The monoisotopic (exact) mass is 330 g/mol. The summed E-state index contributed by atoms with van der Waals surface area (Å²) in [6.07, 6.45) is 1.27. The zero-order valence-electron chi connectivity index (χ0n) is 12.3. The van der Waals surface area contributed by atoms with Crippen molar-refractivity contribution in [3.63, 3.8) is 0 Å². The number of nitrogens with two attached hydrogens (primary N) is 1. The van der Waals surface area contributed by atoms with Gasteiger partial charge >= 0.3 is 0 Å². The quantitative estimate of drug-likeness (QED) is 0.408. The Morgan fingerprint density at radius 2 is 1.81 bits per heavy atom. The van der Waals surface area contributed by atoms with E-state index in [-0.39, 0.29) is 24.8 Å². The van der Waals surface area contributed by atoms with Crippen molar-refractivity contribution < 1.29 is 39.8 Å². The Balaban J connectivity index is 0.00000200. The van der Waals surface area contributed by atoms with Gasteiger partial charge in [0.2, 0.25) is 0 Å². The predicted octanol–water partition coefficient (Wildman–Crippen LogP) is -7.09. The van der Waals surface area contributed by atoms with E-state index >= 15 is 0 Å². The van der Waals surface area contributed by atoms with Gasteiger partial charge in [0, 0.05) is 12.0 Å². The summed E-state index contributed by atoms with van der Waals surface area (Å²) in [6, 6.07) is 10.2. The molecule has 1 fully saturated rings. The Kier molecular flexibility index (Phi) is 12.5. The minimum atomic E-state index is 0. The van der Waals surface area contributed by atoms with Crippen molar-refractivity contribution in [1.29, 1.82) is 0 Å². The van der Waals surface area contributed by atoms with Gasteiger partial charge in [-0.05, 0) is 18.1 Å². The lowest BCUT2D eigenvalue weighted by molar-refractivity contribution is -0.909. The Labute approximate surface area is 140 Å². The highest BCUT2D eigenvalue weighted by Gasteiger charge is 2.12. The molecule has 1 aromatic rings. The molecule has 0 atom stereocenters. The van der Waals surface area contributed by atoms with Gasteiger partial charge < -0.3 is 39.8 Å². The van der Waals surface area contributed by atoms with E-state index in [1.807, 2.05) is 18.2 Å². The molecule has 1 heterocycles. The normalized spacial score (nSPS) is 14.3. The van der Waals surface area contributed by atoms with Crippen molar-refractivity contribution >= 4 is 0 Å². The number of hydrogen-bond donors (Lipinski definition) is 2. The fourth-order valence-corrected chi connectivity index (χ4v) is 2.26. The first-order chi connectivity index (χ1) is 9.45. The van der Waals surface area contributed by atoms with Gasteiger partial charge in [-0.1, -0.05) is 24.1 Å². The molecule has 1 aromatic carbocycles. The van der Waals surface area contributed by atoms with Crippen molar-refractivity contribution in [2.45, 2.75) is 6.42 Å². The zero-order valence-corrected chi connectivity index (χ0v) is 13.8. The number of ether oxygens (including phenoxy) is 1. The summed E-state index contributed by atoms with van der Waals surface area (Å²) in [7, 11) is 0. The van der Waals surface area contributed by atoms with E-state index in [9.17, 15) is 0 Å². The van der Waals surface area contributed by atoms with Crippen LogP contribution in [0.1, 0.15) is 12.0 Å².